The number of hydrogen-bond acceptors (Lipinski definition) is 2. The van der Waals surface area contributed by atoms with Gasteiger partial charge in [0.2, 0.25) is 0 Å². The maximum Gasteiger partial charge on any atom is 0.323 e. The Hall–Kier alpha value is -2.11. The molecular formula is C13H17FN2O3. The van der Waals surface area contributed by atoms with Gasteiger partial charge >= 0.3 is 12.0 Å². The maximum absolute atomic E-state index is 13.1. The molecule has 0 radical (unpaired) electrons. The highest BCUT2D eigenvalue weighted by atomic mass is 19.1. The highest BCUT2D eigenvalue weighted by molar-refractivity contribution is 5.91. The second-order valence-corrected chi connectivity index (χ2v) is 4.44. The highest BCUT2D eigenvalue weighted by Crippen LogP contribution is 2.15. The standard InChI is InChI=1S/C13H17FN2O3/c1-9(12(17)18)8-15(2)13(19)16(3)11-6-4-5-10(14)7-11/h4-7,9H,8H2,1-3H3,(H,17,18). The van der Waals surface area contributed by atoms with E-state index in [0.29, 0.717) is 5.69 Å². The number of anilines is 1. The Kier molecular flexibility index (Phi) is 4.86. The molecule has 0 aliphatic heterocycles. The van der Waals surface area contributed by atoms with E-state index in [1.807, 2.05) is 0 Å². The molecule has 5 nitrogen and oxygen atoms in total. The third-order valence-electron chi connectivity index (χ3n) is 2.78. The van der Waals surface area contributed by atoms with Crippen LogP contribution in [0.1, 0.15) is 6.92 Å². The number of halogens is 1. The van der Waals surface area contributed by atoms with Crippen molar-refractivity contribution in [3.63, 3.8) is 0 Å². The Labute approximate surface area is 111 Å². The van der Waals surface area contributed by atoms with Gasteiger partial charge in [0.15, 0.2) is 0 Å². The normalized spacial score (nSPS) is 11.8. The van der Waals surface area contributed by atoms with Gasteiger partial charge in [-0.2, -0.15) is 0 Å². The van der Waals surface area contributed by atoms with Crippen LogP contribution < -0.4 is 4.90 Å². The average molecular weight is 268 g/mol. The van der Waals surface area contributed by atoms with Crippen molar-refractivity contribution < 1.29 is 19.1 Å². The van der Waals surface area contributed by atoms with E-state index in [1.54, 1.807) is 6.07 Å². The fourth-order valence-corrected chi connectivity index (χ4v) is 1.62. The van der Waals surface area contributed by atoms with Crippen LogP contribution >= 0.6 is 0 Å². The van der Waals surface area contributed by atoms with E-state index in [2.05, 4.69) is 0 Å². The van der Waals surface area contributed by atoms with Crippen molar-refractivity contribution in [1.29, 1.82) is 0 Å². The molecule has 0 saturated carbocycles. The Morgan fingerprint density at radius 3 is 2.53 bits per heavy atom. The van der Waals surface area contributed by atoms with E-state index in [4.69, 9.17) is 5.11 Å². The monoisotopic (exact) mass is 268 g/mol. The zero-order valence-corrected chi connectivity index (χ0v) is 11.1. The third kappa shape index (κ3) is 3.94. The number of benzene rings is 1. The molecule has 19 heavy (non-hydrogen) atoms. The minimum Gasteiger partial charge on any atom is -0.481 e. The average Bonchev–Trinajstić information content (AvgIpc) is 2.36. The molecule has 6 heteroatoms. The van der Waals surface area contributed by atoms with Crippen molar-refractivity contribution >= 4 is 17.7 Å². The summed E-state index contributed by atoms with van der Waals surface area (Å²) in [5, 5.41) is 8.80. The van der Waals surface area contributed by atoms with E-state index in [9.17, 15) is 14.0 Å². The molecule has 1 unspecified atom stereocenters. The molecule has 1 rings (SSSR count). The van der Waals surface area contributed by atoms with Crippen LogP contribution in [0.25, 0.3) is 0 Å². The quantitative estimate of drug-likeness (QED) is 0.909. The van der Waals surface area contributed by atoms with Crippen LogP contribution in [-0.4, -0.2) is 42.6 Å². The summed E-state index contributed by atoms with van der Waals surface area (Å²) in [7, 11) is 3.02. The number of nitrogens with zero attached hydrogens (tertiary/aromatic N) is 2. The van der Waals surface area contributed by atoms with Gasteiger partial charge in [-0.3, -0.25) is 9.69 Å². The van der Waals surface area contributed by atoms with E-state index >= 15 is 0 Å². The maximum atomic E-state index is 13.1. The van der Waals surface area contributed by atoms with E-state index in [1.165, 1.54) is 49.0 Å². The van der Waals surface area contributed by atoms with Crippen LogP contribution in [0.15, 0.2) is 24.3 Å². The number of rotatable bonds is 4. The molecule has 0 bridgehead atoms. The number of urea groups is 1. The summed E-state index contributed by atoms with van der Waals surface area (Å²) in [6, 6.07) is 5.26. The van der Waals surface area contributed by atoms with Gasteiger partial charge in [-0.05, 0) is 18.2 Å². The molecule has 0 aliphatic rings. The topological polar surface area (TPSA) is 60.9 Å². The van der Waals surface area contributed by atoms with Crippen molar-refractivity contribution in [2.45, 2.75) is 6.92 Å². The molecule has 1 atom stereocenters. The van der Waals surface area contributed by atoms with E-state index in [-0.39, 0.29) is 6.54 Å². The number of carbonyl (C=O) groups excluding carboxylic acids is 1. The molecule has 0 aliphatic carbocycles. The summed E-state index contributed by atoms with van der Waals surface area (Å²) in [6.07, 6.45) is 0. The lowest BCUT2D eigenvalue weighted by atomic mass is 10.2. The lowest BCUT2D eigenvalue weighted by Crippen LogP contribution is -2.42. The molecule has 0 heterocycles. The predicted octanol–water partition coefficient (Wildman–Crippen LogP) is 2.03. The van der Waals surface area contributed by atoms with Crippen molar-refractivity contribution in [3.05, 3.63) is 30.1 Å². The molecule has 0 saturated heterocycles. The first-order chi connectivity index (χ1) is 8.82. The fraction of sp³-hybridized carbons (Fsp3) is 0.385. The number of carbonyl (C=O) groups is 2. The molecule has 104 valence electrons. The minimum atomic E-state index is -0.965. The summed E-state index contributed by atoms with van der Waals surface area (Å²) in [5.41, 5.74) is 0.417. The van der Waals surface area contributed by atoms with Gasteiger partial charge in [0.1, 0.15) is 5.82 Å². The number of aliphatic carboxylic acids is 1. The summed E-state index contributed by atoms with van der Waals surface area (Å²) >= 11 is 0. The van der Waals surface area contributed by atoms with Gasteiger partial charge in [-0.15, -0.1) is 0 Å². The first-order valence-electron chi connectivity index (χ1n) is 5.80. The highest BCUT2D eigenvalue weighted by Gasteiger charge is 2.20. The van der Waals surface area contributed by atoms with Crippen LogP contribution in [0.4, 0.5) is 14.9 Å². The molecule has 0 spiro atoms. The van der Waals surface area contributed by atoms with Crippen molar-refractivity contribution in [3.8, 4) is 0 Å². The van der Waals surface area contributed by atoms with Gasteiger partial charge in [0.05, 0.1) is 5.92 Å². The molecule has 0 aromatic heterocycles. The lowest BCUT2D eigenvalue weighted by molar-refractivity contribution is -0.141. The number of amides is 2. The molecule has 2 amide bonds. The smallest absolute Gasteiger partial charge is 0.323 e. The SMILES string of the molecule is CC(CN(C)C(=O)N(C)c1cccc(F)c1)C(=O)O. The molecule has 1 aromatic carbocycles. The Morgan fingerprint density at radius 2 is 2.00 bits per heavy atom. The molecule has 1 N–H and O–H groups in total. The van der Waals surface area contributed by atoms with Crippen LogP contribution in [-0.2, 0) is 4.79 Å². The summed E-state index contributed by atoms with van der Waals surface area (Å²) < 4.78 is 13.1. The van der Waals surface area contributed by atoms with Crippen LogP contribution in [0, 0.1) is 11.7 Å². The van der Waals surface area contributed by atoms with E-state index < -0.39 is 23.7 Å². The second-order valence-electron chi connectivity index (χ2n) is 4.44. The van der Waals surface area contributed by atoms with Gasteiger partial charge in [-0.25, -0.2) is 9.18 Å². The third-order valence-corrected chi connectivity index (χ3v) is 2.78. The number of carboxylic acids is 1. The fourth-order valence-electron chi connectivity index (χ4n) is 1.62. The van der Waals surface area contributed by atoms with Crippen LogP contribution in [0.5, 0.6) is 0 Å². The zero-order chi connectivity index (χ0) is 14.6. The molecule has 0 fully saturated rings. The molecular weight excluding hydrogens is 251 g/mol. The lowest BCUT2D eigenvalue weighted by Gasteiger charge is -2.26. The first-order valence-corrected chi connectivity index (χ1v) is 5.80. The molecule has 1 aromatic rings. The van der Waals surface area contributed by atoms with Crippen molar-refractivity contribution in [2.24, 2.45) is 5.92 Å². The largest absolute Gasteiger partial charge is 0.481 e. The minimum absolute atomic E-state index is 0.0911. The second kappa shape index (κ2) is 6.17. The van der Waals surface area contributed by atoms with Gasteiger partial charge in [-0.1, -0.05) is 13.0 Å². The number of carboxylic acid groups (broad SMARTS) is 1. The summed E-state index contributed by atoms with van der Waals surface area (Å²) in [5.74, 6) is -2.05. The van der Waals surface area contributed by atoms with Gasteiger partial charge in [0.25, 0.3) is 0 Å². The first kappa shape index (κ1) is 14.9. The Morgan fingerprint density at radius 1 is 1.37 bits per heavy atom. The van der Waals surface area contributed by atoms with Gasteiger partial charge in [0, 0.05) is 26.3 Å². The van der Waals surface area contributed by atoms with Gasteiger partial charge < -0.3 is 10.0 Å². The van der Waals surface area contributed by atoms with Crippen molar-refractivity contribution in [2.75, 3.05) is 25.5 Å². The van der Waals surface area contributed by atoms with Crippen LogP contribution in [0.2, 0.25) is 0 Å². The predicted molar refractivity (Wildman–Crippen MR) is 69.6 cm³/mol. The number of hydrogen-bond donors (Lipinski definition) is 1. The summed E-state index contributed by atoms with van der Waals surface area (Å²) in [4.78, 5) is 25.4. The Balaban J connectivity index is 2.74. The zero-order valence-electron chi connectivity index (χ0n) is 11.1. The van der Waals surface area contributed by atoms with Crippen LogP contribution in [0.3, 0.4) is 0 Å². The summed E-state index contributed by atoms with van der Waals surface area (Å²) in [6.45, 7) is 1.61. The van der Waals surface area contributed by atoms with E-state index in [0.717, 1.165) is 0 Å². The van der Waals surface area contributed by atoms with Crippen molar-refractivity contribution in [1.82, 2.24) is 4.90 Å². The Bertz CT molecular complexity index is 479.